The van der Waals surface area contributed by atoms with Crippen LogP contribution in [-0.2, 0) is 6.54 Å². The van der Waals surface area contributed by atoms with Crippen molar-refractivity contribution in [1.29, 1.82) is 0 Å². The third kappa shape index (κ3) is 4.53. The summed E-state index contributed by atoms with van der Waals surface area (Å²) in [6, 6.07) is 5.01. The topological polar surface area (TPSA) is 91.2 Å². The summed E-state index contributed by atoms with van der Waals surface area (Å²) in [5.74, 6) is 0.876. The average molecular weight is 317 g/mol. The SMILES string of the molecule is C=CCn1nnc(NC(=O)c2cc(OCC)cc(OCC)c2)n1. The molecule has 1 heterocycles. The molecule has 0 aliphatic carbocycles. The number of ether oxygens (including phenoxy) is 2. The van der Waals surface area contributed by atoms with E-state index in [1.807, 2.05) is 13.8 Å². The van der Waals surface area contributed by atoms with Crippen LogP contribution >= 0.6 is 0 Å². The molecule has 2 rings (SSSR count). The van der Waals surface area contributed by atoms with Crippen LogP contribution in [0.5, 0.6) is 11.5 Å². The molecule has 0 aliphatic heterocycles. The van der Waals surface area contributed by atoms with Gasteiger partial charge in [-0.15, -0.1) is 11.7 Å². The first-order valence-corrected chi connectivity index (χ1v) is 7.27. The van der Waals surface area contributed by atoms with Crippen molar-refractivity contribution in [2.24, 2.45) is 0 Å². The molecule has 8 heteroatoms. The highest BCUT2D eigenvalue weighted by atomic mass is 16.5. The smallest absolute Gasteiger partial charge is 0.270 e. The Hall–Kier alpha value is -2.90. The van der Waals surface area contributed by atoms with Crippen LogP contribution in [-0.4, -0.2) is 39.3 Å². The monoisotopic (exact) mass is 317 g/mol. The summed E-state index contributed by atoms with van der Waals surface area (Å²) in [6.07, 6.45) is 1.63. The number of benzene rings is 1. The molecule has 0 fully saturated rings. The van der Waals surface area contributed by atoms with Crippen molar-refractivity contribution >= 4 is 11.9 Å². The van der Waals surface area contributed by atoms with E-state index in [0.29, 0.717) is 36.8 Å². The van der Waals surface area contributed by atoms with Gasteiger partial charge in [0.1, 0.15) is 11.5 Å². The Morgan fingerprint density at radius 3 is 2.48 bits per heavy atom. The zero-order valence-electron chi connectivity index (χ0n) is 13.2. The van der Waals surface area contributed by atoms with Crippen molar-refractivity contribution in [3.8, 4) is 11.5 Å². The molecule has 0 radical (unpaired) electrons. The lowest BCUT2D eigenvalue weighted by molar-refractivity contribution is 0.102. The first-order valence-electron chi connectivity index (χ1n) is 7.27. The Bertz CT molecular complexity index is 659. The Morgan fingerprint density at radius 1 is 1.26 bits per heavy atom. The van der Waals surface area contributed by atoms with Crippen molar-refractivity contribution in [3.05, 3.63) is 36.4 Å². The van der Waals surface area contributed by atoms with Crippen LogP contribution in [0.15, 0.2) is 30.9 Å². The number of nitrogens with one attached hydrogen (secondary N) is 1. The third-order valence-corrected chi connectivity index (χ3v) is 2.73. The fourth-order valence-electron chi connectivity index (χ4n) is 1.86. The van der Waals surface area contributed by atoms with Crippen molar-refractivity contribution in [2.75, 3.05) is 18.5 Å². The molecule has 0 spiro atoms. The van der Waals surface area contributed by atoms with Crippen molar-refractivity contribution in [3.63, 3.8) is 0 Å². The minimum absolute atomic E-state index is 0.122. The normalized spacial score (nSPS) is 10.2. The molecule has 1 aromatic carbocycles. The lowest BCUT2D eigenvalue weighted by atomic mass is 10.2. The van der Waals surface area contributed by atoms with E-state index < -0.39 is 0 Å². The number of amides is 1. The predicted octanol–water partition coefficient (Wildman–Crippen LogP) is 1.91. The van der Waals surface area contributed by atoms with Gasteiger partial charge in [0.2, 0.25) is 0 Å². The van der Waals surface area contributed by atoms with Crippen LogP contribution in [0.4, 0.5) is 5.95 Å². The van der Waals surface area contributed by atoms with Crippen molar-refractivity contribution < 1.29 is 14.3 Å². The van der Waals surface area contributed by atoms with E-state index in [0.717, 1.165) is 0 Å². The summed E-state index contributed by atoms with van der Waals surface area (Å²) in [4.78, 5) is 13.7. The van der Waals surface area contributed by atoms with Gasteiger partial charge in [-0.1, -0.05) is 11.2 Å². The van der Waals surface area contributed by atoms with Crippen LogP contribution < -0.4 is 14.8 Å². The van der Waals surface area contributed by atoms with Gasteiger partial charge in [-0.05, 0) is 31.2 Å². The lowest BCUT2D eigenvalue weighted by Gasteiger charge is -2.10. The number of allylic oxidation sites excluding steroid dienone is 1. The highest BCUT2D eigenvalue weighted by molar-refractivity contribution is 6.03. The summed E-state index contributed by atoms with van der Waals surface area (Å²) in [6.45, 7) is 8.73. The first-order chi connectivity index (χ1) is 11.2. The van der Waals surface area contributed by atoms with Crippen LogP contribution in [0, 0.1) is 0 Å². The molecular weight excluding hydrogens is 298 g/mol. The maximum absolute atomic E-state index is 12.3. The number of tetrazole rings is 1. The molecule has 0 saturated heterocycles. The van der Waals surface area contributed by atoms with E-state index in [1.165, 1.54) is 4.80 Å². The van der Waals surface area contributed by atoms with E-state index in [-0.39, 0.29) is 11.9 Å². The summed E-state index contributed by atoms with van der Waals surface area (Å²) in [5, 5.41) is 14.1. The highest BCUT2D eigenvalue weighted by Crippen LogP contribution is 2.23. The molecule has 1 N–H and O–H groups in total. The zero-order chi connectivity index (χ0) is 16.7. The van der Waals surface area contributed by atoms with E-state index in [1.54, 1.807) is 24.3 Å². The van der Waals surface area contributed by atoms with Gasteiger partial charge in [-0.3, -0.25) is 10.1 Å². The molecule has 122 valence electrons. The number of rotatable bonds is 8. The van der Waals surface area contributed by atoms with Crippen molar-refractivity contribution in [1.82, 2.24) is 20.2 Å². The molecule has 2 aromatic rings. The third-order valence-electron chi connectivity index (χ3n) is 2.73. The van der Waals surface area contributed by atoms with Crippen LogP contribution in [0.2, 0.25) is 0 Å². The Balaban J connectivity index is 2.17. The van der Waals surface area contributed by atoms with Gasteiger partial charge in [-0.25, -0.2) is 0 Å². The number of nitrogens with zero attached hydrogens (tertiary/aromatic N) is 4. The summed E-state index contributed by atoms with van der Waals surface area (Å²) < 4.78 is 10.9. The van der Waals surface area contributed by atoms with Crippen LogP contribution in [0.3, 0.4) is 0 Å². The molecule has 23 heavy (non-hydrogen) atoms. The number of carbonyl (C=O) groups excluding carboxylic acids is 1. The second-order valence-electron chi connectivity index (χ2n) is 4.47. The minimum Gasteiger partial charge on any atom is -0.494 e. The number of hydrogen-bond acceptors (Lipinski definition) is 6. The Labute approximate surface area is 134 Å². The van der Waals surface area contributed by atoms with Crippen LogP contribution in [0.25, 0.3) is 0 Å². The Morgan fingerprint density at radius 2 is 1.91 bits per heavy atom. The molecule has 1 aromatic heterocycles. The van der Waals surface area contributed by atoms with Gasteiger partial charge in [-0.2, -0.15) is 4.80 Å². The number of aromatic nitrogens is 4. The second kappa shape index (κ2) is 7.92. The van der Waals surface area contributed by atoms with Gasteiger partial charge < -0.3 is 9.47 Å². The highest BCUT2D eigenvalue weighted by Gasteiger charge is 2.13. The largest absolute Gasteiger partial charge is 0.494 e. The number of anilines is 1. The zero-order valence-corrected chi connectivity index (χ0v) is 13.2. The molecule has 0 unspecified atom stereocenters. The molecule has 8 nitrogen and oxygen atoms in total. The average Bonchev–Trinajstić information content (AvgIpc) is 2.95. The van der Waals surface area contributed by atoms with Crippen molar-refractivity contribution in [2.45, 2.75) is 20.4 Å². The lowest BCUT2D eigenvalue weighted by Crippen LogP contribution is -2.14. The predicted molar refractivity (Wildman–Crippen MR) is 84.7 cm³/mol. The van der Waals surface area contributed by atoms with Gasteiger partial charge >= 0.3 is 0 Å². The maximum Gasteiger partial charge on any atom is 0.270 e. The van der Waals surface area contributed by atoms with E-state index in [2.05, 4.69) is 27.3 Å². The number of carbonyl (C=O) groups is 1. The standard InChI is InChI=1S/C15H19N5O3/c1-4-7-20-18-15(17-19-20)16-14(21)11-8-12(22-5-2)10-13(9-11)23-6-3/h4,8-10H,1,5-7H2,2-3H3,(H,16,18,21). The van der Waals surface area contributed by atoms with E-state index >= 15 is 0 Å². The second-order valence-corrected chi connectivity index (χ2v) is 4.47. The molecule has 0 aliphatic rings. The molecular formula is C15H19N5O3. The van der Waals surface area contributed by atoms with Crippen LogP contribution in [0.1, 0.15) is 24.2 Å². The molecule has 1 amide bonds. The van der Waals surface area contributed by atoms with Gasteiger partial charge in [0.25, 0.3) is 11.9 Å². The molecule has 0 atom stereocenters. The quantitative estimate of drug-likeness (QED) is 0.748. The molecule has 0 saturated carbocycles. The number of hydrogen-bond donors (Lipinski definition) is 1. The fourth-order valence-corrected chi connectivity index (χ4v) is 1.86. The van der Waals surface area contributed by atoms with E-state index in [9.17, 15) is 4.79 Å². The van der Waals surface area contributed by atoms with Gasteiger partial charge in [0, 0.05) is 11.6 Å². The van der Waals surface area contributed by atoms with E-state index in [4.69, 9.17) is 9.47 Å². The summed E-state index contributed by atoms with van der Waals surface area (Å²) in [5.41, 5.74) is 0.388. The molecule has 0 bridgehead atoms. The van der Waals surface area contributed by atoms with Gasteiger partial charge in [0.15, 0.2) is 0 Å². The minimum atomic E-state index is -0.370. The summed E-state index contributed by atoms with van der Waals surface area (Å²) in [7, 11) is 0. The Kier molecular flexibility index (Phi) is 5.67. The fraction of sp³-hybridized carbons (Fsp3) is 0.333. The van der Waals surface area contributed by atoms with Gasteiger partial charge in [0.05, 0.1) is 19.8 Å². The maximum atomic E-state index is 12.3. The summed E-state index contributed by atoms with van der Waals surface area (Å²) >= 11 is 0. The first kappa shape index (κ1) is 16.5.